The fourth-order valence-electron chi connectivity index (χ4n) is 2.41. The van der Waals surface area contributed by atoms with E-state index >= 15 is 0 Å². The first-order valence-electron chi connectivity index (χ1n) is 6.38. The van der Waals surface area contributed by atoms with Gasteiger partial charge < -0.3 is 0 Å². The Hall–Kier alpha value is -1.15. The molecule has 0 amide bonds. The molecule has 2 heteroatoms. The summed E-state index contributed by atoms with van der Waals surface area (Å²) < 4.78 is 0. The van der Waals surface area contributed by atoms with Crippen molar-refractivity contribution in [2.75, 3.05) is 19.6 Å². The molecule has 2 rings (SSSR count). The lowest BCUT2D eigenvalue weighted by Crippen LogP contribution is -2.28. The van der Waals surface area contributed by atoms with Gasteiger partial charge in [0.2, 0.25) is 0 Å². The highest BCUT2D eigenvalue weighted by molar-refractivity contribution is 5.97. The molecule has 0 N–H and O–H groups in total. The number of likely N-dealkylation sites (tertiary alicyclic amines) is 1. The molecular formula is C15H21NO. The van der Waals surface area contributed by atoms with E-state index in [1.54, 1.807) is 0 Å². The van der Waals surface area contributed by atoms with E-state index in [2.05, 4.69) is 18.7 Å². The molecule has 0 saturated carbocycles. The average molecular weight is 231 g/mol. The van der Waals surface area contributed by atoms with E-state index in [-0.39, 0.29) is 5.78 Å². The van der Waals surface area contributed by atoms with Crippen LogP contribution < -0.4 is 0 Å². The largest absolute Gasteiger partial charge is 0.295 e. The van der Waals surface area contributed by atoms with Gasteiger partial charge in [-0.15, -0.1) is 0 Å². The summed E-state index contributed by atoms with van der Waals surface area (Å²) in [5.74, 6) is 1.66. The first-order valence-corrected chi connectivity index (χ1v) is 6.38. The van der Waals surface area contributed by atoms with E-state index in [4.69, 9.17) is 0 Å². The summed E-state index contributed by atoms with van der Waals surface area (Å²) in [7, 11) is 0. The zero-order valence-electron chi connectivity index (χ0n) is 10.9. The highest BCUT2D eigenvalue weighted by Crippen LogP contribution is 2.22. The van der Waals surface area contributed by atoms with Crippen LogP contribution in [0.2, 0.25) is 0 Å². The van der Waals surface area contributed by atoms with Crippen LogP contribution >= 0.6 is 0 Å². The van der Waals surface area contributed by atoms with E-state index in [0.29, 0.717) is 18.4 Å². The fraction of sp³-hybridized carbons (Fsp3) is 0.533. The summed E-state index contributed by atoms with van der Waals surface area (Å²) in [6.07, 6.45) is 0. The van der Waals surface area contributed by atoms with Crippen LogP contribution in [0.15, 0.2) is 24.3 Å². The second-order valence-corrected chi connectivity index (χ2v) is 5.44. The Labute approximate surface area is 104 Å². The Morgan fingerprint density at radius 2 is 1.71 bits per heavy atom. The molecule has 1 heterocycles. The van der Waals surface area contributed by atoms with Gasteiger partial charge >= 0.3 is 0 Å². The highest BCUT2D eigenvalue weighted by atomic mass is 16.1. The summed E-state index contributed by atoms with van der Waals surface area (Å²) in [4.78, 5) is 14.4. The lowest BCUT2D eigenvalue weighted by Gasteiger charge is -2.14. The van der Waals surface area contributed by atoms with Crippen molar-refractivity contribution < 1.29 is 4.79 Å². The minimum absolute atomic E-state index is 0.242. The molecule has 1 saturated heterocycles. The summed E-state index contributed by atoms with van der Waals surface area (Å²) in [5.41, 5.74) is 2.03. The number of nitrogens with zero attached hydrogens (tertiary/aromatic N) is 1. The fourth-order valence-corrected chi connectivity index (χ4v) is 2.41. The molecule has 0 bridgehead atoms. The highest BCUT2D eigenvalue weighted by Gasteiger charge is 2.27. The third-order valence-corrected chi connectivity index (χ3v) is 3.80. The van der Waals surface area contributed by atoms with Gasteiger partial charge in [0, 0.05) is 18.7 Å². The maximum absolute atomic E-state index is 12.1. The van der Waals surface area contributed by atoms with Crippen LogP contribution in [0.4, 0.5) is 0 Å². The predicted molar refractivity (Wildman–Crippen MR) is 70.3 cm³/mol. The van der Waals surface area contributed by atoms with Gasteiger partial charge in [-0.1, -0.05) is 43.7 Å². The molecule has 92 valence electrons. The molecule has 0 aromatic heterocycles. The van der Waals surface area contributed by atoms with Crippen molar-refractivity contribution in [3.63, 3.8) is 0 Å². The van der Waals surface area contributed by atoms with Crippen LogP contribution in [-0.2, 0) is 0 Å². The summed E-state index contributed by atoms with van der Waals surface area (Å²) >= 11 is 0. The molecule has 17 heavy (non-hydrogen) atoms. The Morgan fingerprint density at radius 1 is 1.18 bits per heavy atom. The number of rotatable bonds is 3. The third kappa shape index (κ3) is 2.95. The summed E-state index contributed by atoms with van der Waals surface area (Å²) in [6.45, 7) is 9.25. The van der Waals surface area contributed by atoms with Gasteiger partial charge in [0.15, 0.2) is 5.78 Å². The van der Waals surface area contributed by atoms with Crippen LogP contribution in [0, 0.1) is 18.8 Å². The van der Waals surface area contributed by atoms with Crippen molar-refractivity contribution in [1.29, 1.82) is 0 Å². The summed E-state index contributed by atoms with van der Waals surface area (Å²) in [5, 5.41) is 0. The predicted octanol–water partition coefficient (Wildman–Crippen LogP) is 2.77. The number of hydrogen-bond donors (Lipinski definition) is 0. The minimum atomic E-state index is 0.242. The molecule has 1 aromatic rings. The van der Waals surface area contributed by atoms with Crippen LogP contribution in [0.3, 0.4) is 0 Å². The molecule has 2 atom stereocenters. The normalized spacial score (nSPS) is 25.1. The van der Waals surface area contributed by atoms with Crippen LogP contribution in [0.5, 0.6) is 0 Å². The maximum Gasteiger partial charge on any atom is 0.176 e. The maximum atomic E-state index is 12.1. The number of carbonyl (C=O) groups excluding carboxylic acids is 1. The number of aryl methyl sites for hydroxylation is 1. The molecule has 0 spiro atoms. The topological polar surface area (TPSA) is 20.3 Å². The number of benzene rings is 1. The zero-order chi connectivity index (χ0) is 12.4. The van der Waals surface area contributed by atoms with E-state index in [1.807, 2.05) is 31.2 Å². The lowest BCUT2D eigenvalue weighted by atomic mass is 10.0. The Morgan fingerprint density at radius 3 is 2.24 bits per heavy atom. The summed E-state index contributed by atoms with van der Waals surface area (Å²) in [6, 6.07) is 7.87. The zero-order valence-corrected chi connectivity index (χ0v) is 10.9. The van der Waals surface area contributed by atoms with Gasteiger partial charge in [-0.3, -0.25) is 9.69 Å². The minimum Gasteiger partial charge on any atom is -0.295 e. The standard InChI is InChI=1S/C15H21NO/c1-11-4-6-14(7-5-11)15(17)10-16-8-12(2)13(3)9-16/h4-7,12-13H,8-10H2,1-3H3. The van der Waals surface area contributed by atoms with Crippen LogP contribution in [0.25, 0.3) is 0 Å². The SMILES string of the molecule is Cc1ccc(C(=O)CN2CC(C)C(C)C2)cc1. The van der Waals surface area contributed by atoms with Crippen LogP contribution in [0.1, 0.15) is 29.8 Å². The molecule has 0 aliphatic carbocycles. The quantitative estimate of drug-likeness (QED) is 0.746. The van der Waals surface area contributed by atoms with E-state index in [9.17, 15) is 4.79 Å². The van der Waals surface area contributed by atoms with Gasteiger partial charge in [-0.25, -0.2) is 0 Å². The second kappa shape index (κ2) is 5.01. The smallest absolute Gasteiger partial charge is 0.176 e. The lowest BCUT2D eigenvalue weighted by molar-refractivity contribution is 0.0942. The first-order chi connectivity index (χ1) is 8.06. The molecular weight excluding hydrogens is 210 g/mol. The van der Waals surface area contributed by atoms with Crippen molar-refractivity contribution in [2.24, 2.45) is 11.8 Å². The Bertz CT molecular complexity index is 386. The van der Waals surface area contributed by atoms with Gasteiger partial charge in [0.1, 0.15) is 0 Å². The molecule has 1 fully saturated rings. The number of ketones is 1. The second-order valence-electron chi connectivity index (χ2n) is 5.44. The van der Waals surface area contributed by atoms with Crippen LogP contribution in [-0.4, -0.2) is 30.3 Å². The molecule has 2 unspecified atom stereocenters. The van der Waals surface area contributed by atoms with E-state index in [1.165, 1.54) is 5.56 Å². The molecule has 1 aromatic carbocycles. The Kier molecular flexibility index (Phi) is 3.63. The van der Waals surface area contributed by atoms with E-state index < -0.39 is 0 Å². The van der Waals surface area contributed by atoms with Gasteiger partial charge in [0.05, 0.1) is 6.54 Å². The Balaban J connectivity index is 1.96. The molecule has 1 aliphatic rings. The number of Topliss-reactive ketones (excluding diaryl/α,β-unsaturated/α-hetero) is 1. The number of carbonyl (C=O) groups is 1. The average Bonchev–Trinajstić information content (AvgIpc) is 2.58. The monoisotopic (exact) mass is 231 g/mol. The van der Waals surface area contributed by atoms with Gasteiger partial charge in [0.25, 0.3) is 0 Å². The van der Waals surface area contributed by atoms with Gasteiger partial charge in [-0.2, -0.15) is 0 Å². The van der Waals surface area contributed by atoms with Crippen molar-refractivity contribution in [2.45, 2.75) is 20.8 Å². The van der Waals surface area contributed by atoms with Crippen molar-refractivity contribution in [1.82, 2.24) is 4.90 Å². The van der Waals surface area contributed by atoms with E-state index in [0.717, 1.165) is 18.7 Å². The third-order valence-electron chi connectivity index (χ3n) is 3.80. The van der Waals surface area contributed by atoms with Crippen molar-refractivity contribution in [3.8, 4) is 0 Å². The molecule has 2 nitrogen and oxygen atoms in total. The van der Waals surface area contributed by atoms with Gasteiger partial charge in [-0.05, 0) is 18.8 Å². The van der Waals surface area contributed by atoms with Crippen molar-refractivity contribution >= 4 is 5.78 Å². The molecule has 0 radical (unpaired) electrons. The molecule has 1 aliphatic heterocycles. The number of hydrogen-bond acceptors (Lipinski definition) is 2. The first kappa shape index (κ1) is 12.3. The van der Waals surface area contributed by atoms with Crippen molar-refractivity contribution in [3.05, 3.63) is 35.4 Å².